The van der Waals surface area contributed by atoms with Crippen LogP contribution in [0.2, 0.25) is 0 Å². The van der Waals surface area contributed by atoms with Crippen LogP contribution in [0, 0.1) is 18.2 Å². The Bertz CT molecular complexity index is 471. The van der Waals surface area contributed by atoms with Gasteiger partial charge in [0.2, 0.25) is 0 Å². The van der Waals surface area contributed by atoms with Crippen LogP contribution < -0.4 is 5.32 Å². The van der Waals surface area contributed by atoms with E-state index in [1.807, 2.05) is 13.0 Å². The third kappa shape index (κ3) is 4.53. The molecule has 104 valence electrons. The molecule has 0 radical (unpaired) electrons. The van der Waals surface area contributed by atoms with Crippen molar-refractivity contribution in [2.45, 2.75) is 39.4 Å². The molecule has 1 aliphatic heterocycles. The van der Waals surface area contributed by atoms with Crippen molar-refractivity contribution in [3.05, 3.63) is 29.6 Å². The summed E-state index contributed by atoms with van der Waals surface area (Å²) >= 11 is 1.76. The van der Waals surface area contributed by atoms with Gasteiger partial charge in [-0.2, -0.15) is 0 Å². The zero-order valence-corrected chi connectivity index (χ0v) is 12.8. The Balaban J connectivity index is 1.95. The van der Waals surface area contributed by atoms with Crippen molar-refractivity contribution >= 4 is 22.6 Å². The molecule has 0 saturated carbocycles. The van der Waals surface area contributed by atoms with Crippen LogP contribution in [0.1, 0.15) is 32.8 Å². The van der Waals surface area contributed by atoms with Gasteiger partial charge in [0.1, 0.15) is 5.82 Å². The van der Waals surface area contributed by atoms with E-state index in [4.69, 9.17) is 0 Å². The molecule has 0 amide bonds. The Morgan fingerprint density at radius 1 is 1.37 bits per heavy atom. The van der Waals surface area contributed by atoms with Crippen molar-refractivity contribution in [2.24, 2.45) is 10.4 Å². The number of aliphatic imine (C=N–C) groups is 1. The summed E-state index contributed by atoms with van der Waals surface area (Å²) in [5.41, 5.74) is 2.01. The quantitative estimate of drug-likeness (QED) is 0.865. The fraction of sp³-hybridized carbons (Fsp3) is 0.533. The Labute approximate surface area is 118 Å². The van der Waals surface area contributed by atoms with Gasteiger partial charge < -0.3 is 5.32 Å². The van der Waals surface area contributed by atoms with Crippen molar-refractivity contribution in [2.75, 3.05) is 11.9 Å². The van der Waals surface area contributed by atoms with Gasteiger partial charge in [-0.15, -0.1) is 0 Å². The molecule has 4 heteroatoms. The normalized spacial score (nSPS) is 19.4. The third-order valence-electron chi connectivity index (χ3n) is 2.85. The van der Waals surface area contributed by atoms with E-state index in [1.165, 1.54) is 12.1 Å². The Kier molecular flexibility index (Phi) is 4.19. The minimum atomic E-state index is -0.211. The van der Waals surface area contributed by atoms with Crippen molar-refractivity contribution in [1.29, 1.82) is 0 Å². The molecular formula is C15H21FN2S. The van der Waals surface area contributed by atoms with Crippen LogP contribution in [-0.2, 0) is 0 Å². The maximum Gasteiger partial charge on any atom is 0.161 e. The zero-order valence-electron chi connectivity index (χ0n) is 12.0. The number of hydrogen-bond donors (Lipinski definition) is 1. The van der Waals surface area contributed by atoms with Gasteiger partial charge in [-0.1, -0.05) is 32.5 Å². The summed E-state index contributed by atoms with van der Waals surface area (Å²) in [5, 5.41) is 4.64. The lowest BCUT2D eigenvalue weighted by atomic mass is 9.90. The van der Waals surface area contributed by atoms with Gasteiger partial charge in [-0.05, 0) is 42.5 Å². The van der Waals surface area contributed by atoms with Crippen molar-refractivity contribution in [3.8, 4) is 0 Å². The van der Waals surface area contributed by atoms with Gasteiger partial charge in [0.05, 0.1) is 6.54 Å². The van der Waals surface area contributed by atoms with Crippen LogP contribution in [0.3, 0.4) is 0 Å². The number of nitrogens with zero attached hydrogens (tertiary/aromatic N) is 1. The molecule has 1 atom stereocenters. The van der Waals surface area contributed by atoms with Crippen molar-refractivity contribution in [1.82, 2.24) is 0 Å². The predicted octanol–water partition coefficient (Wildman–Crippen LogP) is 4.45. The molecule has 0 spiro atoms. The summed E-state index contributed by atoms with van der Waals surface area (Å²) in [6, 6.07) is 4.97. The molecule has 1 heterocycles. The smallest absolute Gasteiger partial charge is 0.161 e. The minimum absolute atomic E-state index is 0.211. The summed E-state index contributed by atoms with van der Waals surface area (Å²) in [5.74, 6) is -0.211. The number of halogens is 1. The number of aryl methyl sites for hydroxylation is 1. The summed E-state index contributed by atoms with van der Waals surface area (Å²) < 4.78 is 13.3. The molecule has 1 unspecified atom stereocenters. The molecule has 2 rings (SSSR count). The monoisotopic (exact) mass is 280 g/mol. The second-order valence-electron chi connectivity index (χ2n) is 6.29. The Morgan fingerprint density at radius 2 is 2.11 bits per heavy atom. The summed E-state index contributed by atoms with van der Waals surface area (Å²) in [6.07, 6.45) is 1.13. The topological polar surface area (TPSA) is 24.4 Å². The largest absolute Gasteiger partial charge is 0.335 e. The fourth-order valence-electron chi connectivity index (χ4n) is 2.21. The maximum atomic E-state index is 13.3. The molecule has 1 aromatic rings. The van der Waals surface area contributed by atoms with E-state index in [2.05, 4.69) is 31.1 Å². The van der Waals surface area contributed by atoms with E-state index in [-0.39, 0.29) is 5.82 Å². The second kappa shape index (κ2) is 5.53. The fourth-order valence-corrected chi connectivity index (χ4v) is 3.58. The second-order valence-corrected chi connectivity index (χ2v) is 7.58. The van der Waals surface area contributed by atoms with Gasteiger partial charge in [0, 0.05) is 10.9 Å². The first-order chi connectivity index (χ1) is 8.82. The number of benzene rings is 1. The molecule has 19 heavy (non-hydrogen) atoms. The lowest BCUT2D eigenvalue weighted by molar-refractivity contribution is 0.375. The van der Waals surface area contributed by atoms with Crippen LogP contribution in [0.4, 0.5) is 10.1 Å². The molecule has 0 aromatic heterocycles. The van der Waals surface area contributed by atoms with Crippen molar-refractivity contribution in [3.63, 3.8) is 0 Å². The SMILES string of the molecule is Cc1cc(F)cc(NC2=NCC(CC(C)(C)C)S2)c1. The highest BCUT2D eigenvalue weighted by molar-refractivity contribution is 8.15. The highest BCUT2D eigenvalue weighted by Crippen LogP contribution is 2.32. The first-order valence-corrected chi connectivity index (χ1v) is 7.45. The van der Waals surface area contributed by atoms with Gasteiger partial charge in [0.25, 0.3) is 0 Å². The molecule has 1 aliphatic rings. The van der Waals surface area contributed by atoms with Gasteiger partial charge in [-0.25, -0.2) is 4.39 Å². The van der Waals surface area contributed by atoms with Gasteiger partial charge >= 0.3 is 0 Å². The minimum Gasteiger partial charge on any atom is -0.335 e. The number of anilines is 1. The van der Waals surface area contributed by atoms with Crippen LogP contribution in [-0.4, -0.2) is 17.0 Å². The van der Waals surface area contributed by atoms with Crippen LogP contribution in [0.25, 0.3) is 0 Å². The van der Waals surface area contributed by atoms with E-state index in [0.29, 0.717) is 10.7 Å². The lowest BCUT2D eigenvalue weighted by Gasteiger charge is -2.21. The first kappa shape index (κ1) is 14.4. The number of thioether (sulfide) groups is 1. The van der Waals surface area contributed by atoms with Crippen LogP contribution in [0.5, 0.6) is 0 Å². The average molecular weight is 280 g/mol. The molecule has 0 bridgehead atoms. The third-order valence-corrected chi connectivity index (χ3v) is 3.95. The molecule has 1 aromatic carbocycles. The van der Waals surface area contributed by atoms with Crippen LogP contribution >= 0.6 is 11.8 Å². The number of amidine groups is 1. The number of nitrogens with one attached hydrogen (secondary N) is 1. The zero-order chi connectivity index (χ0) is 14.0. The maximum absolute atomic E-state index is 13.3. The highest BCUT2D eigenvalue weighted by Gasteiger charge is 2.25. The Morgan fingerprint density at radius 3 is 2.74 bits per heavy atom. The summed E-state index contributed by atoms with van der Waals surface area (Å²) in [7, 11) is 0. The molecule has 0 fully saturated rings. The van der Waals surface area contributed by atoms with Crippen LogP contribution in [0.15, 0.2) is 23.2 Å². The molecule has 2 nitrogen and oxygen atoms in total. The van der Waals surface area contributed by atoms with E-state index < -0.39 is 0 Å². The number of rotatable bonds is 2. The van der Waals surface area contributed by atoms with Crippen molar-refractivity contribution < 1.29 is 4.39 Å². The number of hydrogen-bond acceptors (Lipinski definition) is 3. The van der Waals surface area contributed by atoms with E-state index in [1.54, 1.807) is 11.8 Å². The standard InChI is InChI=1S/C15H21FN2S/c1-10-5-11(16)7-12(6-10)18-14-17-9-13(19-14)8-15(2,3)4/h5-7,13H,8-9H2,1-4H3,(H,17,18). The molecule has 0 saturated heterocycles. The van der Waals surface area contributed by atoms with E-state index in [0.717, 1.165) is 29.4 Å². The molecule has 1 N–H and O–H groups in total. The summed E-state index contributed by atoms with van der Waals surface area (Å²) in [6.45, 7) is 9.47. The van der Waals surface area contributed by atoms with Gasteiger partial charge in [0.15, 0.2) is 5.17 Å². The Hall–Kier alpha value is -1.03. The average Bonchev–Trinajstić information content (AvgIpc) is 2.60. The molecule has 0 aliphatic carbocycles. The van der Waals surface area contributed by atoms with E-state index in [9.17, 15) is 4.39 Å². The highest BCUT2D eigenvalue weighted by atomic mass is 32.2. The molecular weight excluding hydrogens is 259 g/mol. The predicted molar refractivity (Wildman–Crippen MR) is 82.5 cm³/mol. The summed E-state index contributed by atoms with van der Waals surface area (Å²) in [4.78, 5) is 4.50. The van der Waals surface area contributed by atoms with E-state index >= 15 is 0 Å². The van der Waals surface area contributed by atoms with Gasteiger partial charge in [-0.3, -0.25) is 4.99 Å². The first-order valence-electron chi connectivity index (χ1n) is 6.57. The lowest BCUT2D eigenvalue weighted by Crippen LogP contribution is -2.16.